The van der Waals surface area contributed by atoms with E-state index in [4.69, 9.17) is 19.9 Å². The third-order valence-corrected chi connectivity index (χ3v) is 9.34. The molecule has 0 bridgehead atoms. The largest absolute Gasteiger partial charge is 0.382 e. The second-order valence-electron chi connectivity index (χ2n) is 14.4. The third kappa shape index (κ3) is 6.09. The van der Waals surface area contributed by atoms with Crippen LogP contribution >= 0.6 is 0 Å². The summed E-state index contributed by atoms with van der Waals surface area (Å²) in [6, 6.07) is 0.787. The number of hydrogen-bond acceptors (Lipinski definition) is 9. The van der Waals surface area contributed by atoms with Crippen molar-refractivity contribution in [3.8, 4) is 0 Å². The summed E-state index contributed by atoms with van der Waals surface area (Å²) in [6.45, 7) is 15.7. The lowest BCUT2D eigenvalue weighted by molar-refractivity contribution is -0.199. The highest BCUT2D eigenvalue weighted by Gasteiger charge is 2.57. The molecule has 1 saturated carbocycles. The topological polar surface area (TPSA) is 130 Å². The molecule has 43 heavy (non-hydrogen) atoms. The number of aromatic nitrogens is 4. The molecular weight excluding hydrogens is 546 g/mol. The summed E-state index contributed by atoms with van der Waals surface area (Å²) in [5.41, 5.74) is 8.58. The van der Waals surface area contributed by atoms with Crippen LogP contribution in [0.2, 0.25) is 0 Å². The number of rotatable bonds is 9. The van der Waals surface area contributed by atoms with Crippen molar-refractivity contribution >= 4 is 22.9 Å². The van der Waals surface area contributed by atoms with Gasteiger partial charge in [-0.2, -0.15) is 0 Å². The number of anilines is 1. The van der Waals surface area contributed by atoms with Crippen molar-refractivity contribution in [2.24, 2.45) is 11.3 Å². The Kier molecular flexibility index (Phi) is 7.90. The van der Waals surface area contributed by atoms with Gasteiger partial charge in [-0.25, -0.2) is 15.0 Å². The van der Waals surface area contributed by atoms with E-state index in [1.165, 1.54) is 11.9 Å². The number of nitrogens with one attached hydrogen (secondary N) is 1. The first-order valence-electron chi connectivity index (χ1n) is 15.7. The predicted molar refractivity (Wildman–Crippen MR) is 164 cm³/mol. The molecule has 2 saturated heterocycles. The van der Waals surface area contributed by atoms with E-state index in [9.17, 15) is 4.79 Å². The number of allylic oxidation sites excluding steroid dienone is 2. The molecule has 2 aromatic rings. The molecule has 1 unspecified atom stereocenters. The van der Waals surface area contributed by atoms with Crippen LogP contribution in [0.3, 0.4) is 0 Å². The Morgan fingerprint density at radius 1 is 1.19 bits per heavy atom. The van der Waals surface area contributed by atoms with Crippen molar-refractivity contribution in [3.05, 3.63) is 36.5 Å². The summed E-state index contributed by atoms with van der Waals surface area (Å²) in [5.74, 6) is 0.294. The molecule has 3 fully saturated rings. The Labute approximate surface area is 254 Å². The molecule has 2 aromatic heterocycles. The molecule has 11 nitrogen and oxygen atoms in total. The van der Waals surface area contributed by atoms with Crippen LogP contribution in [-0.4, -0.2) is 79.1 Å². The van der Waals surface area contributed by atoms with Crippen molar-refractivity contribution < 1.29 is 19.0 Å². The molecule has 0 aromatic carbocycles. The molecular formula is C32H47N7O4. The average molecular weight is 594 g/mol. The Balaban J connectivity index is 1.06. The molecule has 0 radical (unpaired) electrons. The average Bonchev–Trinajstić information content (AvgIpc) is 3.66. The maximum Gasteiger partial charge on any atom is 0.220 e. The van der Waals surface area contributed by atoms with Crippen LogP contribution in [-0.2, 0) is 19.0 Å². The van der Waals surface area contributed by atoms with Gasteiger partial charge in [-0.05, 0) is 63.9 Å². The minimum atomic E-state index is -0.719. The first-order chi connectivity index (χ1) is 20.3. The summed E-state index contributed by atoms with van der Waals surface area (Å²) in [4.78, 5) is 28.2. The molecule has 2 aliphatic heterocycles. The van der Waals surface area contributed by atoms with Crippen molar-refractivity contribution in [2.45, 2.75) is 123 Å². The van der Waals surface area contributed by atoms with Gasteiger partial charge in [-0.3, -0.25) is 14.3 Å². The molecule has 11 heteroatoms. The smallest absolute Gasteiger partial charge is 0.220 e. The number of carbonyl (C=O) groups is 1. The SMILES string of the molecule is CC(C)N(C[C@H]1O[C@@H](n2cnc3c(N)ncnc32)[C@@H]2OC(C)(C)O[C@@H]21)[C@H]1C[C@@H](CCC(=O)NC2C=CC(C(C)(C)C)=C2)C1. The minimum absolute atomic E-state index is 0.00300. The third-order valence-electron chi connectivity index (χ3n) is 9.34. The van der Waals surface area contributed by atoms with Gasteiger partial charge < -0.3 is 25.3 Å². The zero-order valence-corrected chi connectivity index (χ0v) is 26.5. The fraction of sp³-hybridized carbons (Fsp3) is 0.688. The van der Waals surface area contributed by atoms with Gasteiger partial charge >= 0.3 is 0 Å². The fourth-order valence-corrected chi connectivity index (χ4v) is 6.98. The maximum atomic E-state index is 12.7. The Morgan fingerprint density at radius 3 is 2.63 bits per heavy atom. The van der Waals surface area contributed by atoms with Crippen molar-refractivity contribution in [3.63, 3.8) is 0 Å². The molecule has 3 N–H and O–H groups in total. The minimum Gasteiger partial charge on any atom is -0.382 e. The van der Waals surface area contributed by atoms with Gasteiger partial charge in [0.2, 0.25) is 5.91 Å². The number of hydrogen-bond donors (Lipinski definition) is 2. The van der Waals surface area contributed by atoms with E-state index >= 15 is 0 Å². The van der Waals surface area contributed by atoms with E-state index in [2.05, 4.69) is 78.0 Å². The highest BCUT2D eigenvalue weighted by atomic mass is 16.8. The number of nitrogens with two attached hydrogens (primary N) is 1. The van der Waals surface area contributed by atoms with Crippen LogP contribution in [0.4, 0.5) is 5.82 Å². The van der Waals surface area contributed by atoms with Crippen LogP contribution in [0.5, 0.6) is 0 Å². The van der Waals surface area contributed by atoms with Gasteiger partial charge in [-0.1, -0.05) is 39.0 Å². The van der Waals surface area contributed by atoms with E-state index in [0.29, 0.717) is 41.4 Å². The van der Waals surface area contributed by atoms with Gasteiger partial charge in [0.1, 0.15) is 30.2 Å². The second kappa shape index (κ2) is 11.3. The molecule has 234 valence electrons. The number of amides is 1. The van der Waals surface area contributed by atoms with Crippen LogP contribution in [0.1, 0.15) is 80.4 Å². The normalized spacial score (nSPS) is 31.6. The molecule has 6 rings (SSSR count). The summed E-state index contributed by atoms with van der Waals surface area (Å²) >= 11 is 0. The van der Waals surface area contributed by atoms with Crippen LogP contribution in [0.25, 0.3) is 11.2 Å². The zero-order valence-electron chi connectivity index (χ0n) is 26.5. The summed E-state index contributed by atoms with van der Waals surface area (Å²) < 4.78 is 21.3. The van der Waals surface area contributed by atoms with Gasteiger partial charge in [0.15, 0.2) is 23.5 Å². The molecule has 1 amide bonds. The van der Waals surface area contributed by atoms with E-state index < -0.39 is 12.0 Å². The Hall–Kier alpha value is -2.86. The summed E-state index contributed by atoms with van der Waals surface area (Å²) in [7, 11) is 0. The predicted octanol–water partition coefficient (Wildman–Crippen LogP) is 4.12. The molecule has 0 spiro atoms. The maximum absolute atomic E-state index is 12.7. The lowest BCUT2D eigenvalue weighted by Crippen LogP contribution is -2.52. The fourth-order valence-electron chi connectivity index (χ4n) is 6.98. The molecule has 2 aliphatic carbocycles. The van der Waals surface area contributed by atoms with Crippen molar-refractivity contribution in [1.29, 1.82) is 0 Å². The molecule has 4 aliphatic rings. The van der Waals surface area contributed by atoms with Gasteiger partial charge in [0.05, 0.1) is 12.4 Å². The first-order valence-corrected chi connectivity index (χ1v) is 15.7. The molecule has 5 atom stereocenters. The van der Waals surface area contributed by atoms with Crippen LogP contribution < -0.4 is 11.1 Å². The Morgan fingerprint density at radius 2 is 1.93 bits per heavy atom. The summed E-state index contributed by atoms with van der Waals surface area (Å²) in [6.07, 6.45) is 12.0. The van der Waals surface area contributed by atoms with E-state index in [1.54, 1.807) is 6.33 Å². The van der Waals surface area contributed by atoms with Crippen LogP contribution in [0.15, 0.2) is 36.5 Å². The van der Waals surface area contributed by atoms with Gasteiger partial charge in [0.25, 0.3) is 0 Å². The number of ether oxygens (including phenoxy) is 3. The second-order valence-corrected chi connectivity index (χ2v) is 14.4. The number of imidazole rings is 1. The van der Waals surface area contributed by atoms with Gasteiger partial charge in [-0.15, -0.1) is 0 Å². The lowest BCUT2D eigenvalue weighted by Gasteiger charge is -2.46. The van der Waals surface area contributed by atoms with Crippen LogP contribution in [0, 0.1) is 11.3 Å². The zero-order chi connectivity index (χ0) is 30.7. The van der Waals surface area contributed by atoms with E-state index in [-0.39, 0.29) is 35.7 Å². The van der Waals surface area contributed by atoms with E-state index in [1.807, 2.05) is 18.4 Å². The van der Waals surface area contributed by atoms with Crippen molar-refractivity contribution in [2.75, 3.05) is 12.3 Å². The monoisotopic (exact) mass is 593 g/mol. The standard InChI is InChI=1S/C32H47N7O4/c1-18(2)38(22-12-19(13-22)8-11-24(40)37-21-10-9-20(14-21)31(3,4)5)15-23-26-27(43-32(6,7)42-26)30(41-23)39-17-36-25-28(33)34-16-35-29(25)39/h9-10,14,16-19,21-23,26-27,30H,8,11-13,15H2,1-7H3,(H,37,40)(H2,33,34,35)/t19-,21?,22+,23-,26-,27-,30-/m1/s1. The van der Waals surface area contributed by atoms with Gasteiger partial charge in [0, 0.05) is 25.0 Å². The summed E-state index contributed by atoms with van der Waals surface area (Å²) in [5, 5.41) is 3.17. The van der Waals surface area contributed by atoms with E-state index in [0.717, 1.165) is 25.8 Å². The lowest BCUT2D eigenvalue weighted by atomic mass is 9.76. The first kappa shape index (κ1) is 30.2. The number of nitrogens with zero attached hydrogens (tertiary/aromatic N) is 5. The number of nitrogen functional groups attached to an aromatic ring is 1. The Bertz CT molecular complexity index is 1400. The van der Waals surface area contributed by atoms with Crippen molar-refractivity contribution in [1.82, 2.24) is 29.7 Å². The number of carbonyl (C=O) groups excluding carboxylic acids is 1. The number of fused-ring (bicyclic) bond motifs is 2. The highest BCUT2D eigenvalue weighted by molar-refractivity contribution is 5.81. The highest BCUT2D eigenvalue weighted by Crippen LogP contribution is 2.45. The molecule has 4 heterocycles. The quantitative estimate of drug-likeness (QED) is 0.441.